The molecular formula is C13H7ClN2O3. The molecule has 2 amide bonds. The number of amides is 2. The molecule has 0 N–H and O–H groups in total. The van der Waals surface area contributed by atoms with Crippen LogP contribution in [0, 0.1) is 0 Å². The summed E-state index contributed by atoms with van der Waals surface area (Å²) in [6, 6.07) is 8.01. The lowest BCUT2D eigenvalue weighted by atomic mass is 10.1. The molecule has 5 nitrogen and oxygen atoms in total. The molecule has 19 heavy (non-hydrogen) atoms. The predicted molar refractivity (Wildman–Crippen MR) is 66.8 cm³/mol. The normalized spacial score (nSPS) is 13.6. The SMILES string of the molecule is O=C1c2ccccc2C(=O)N1Oc1cncc(Cl)c1. The Morgan fingerprint density at radius 2 is 1.68 bits per heavy atom. The number of aromatic nitrogens is 1. The molecule has 2 heterocycles. The summed E-state index contributed by atoms with van der Waals surface area (Å²) in [6.45, 7) is 0. The van der Waals surface area contributed by atoms with E-state index in [1.807, 2.05) is 0 Å². The number of pyridine rings is 1. The third-order valence-corrected chi connectivity index (χ3v) is 2.84. The van der Waals surface area contributed by atoms with E-state index in [-0.39, 0.29) is 5.75 Å². The number of hydrogen-bond acceptors (Lipinski definition) is 4. The van der Waals surface area contributed by atoms with E-state index in [1.165, 1.54) is 18.5 Å². The van der Waals surface area contributed by atoms with Gasteiger partial charge in [-0.25, -0.2) is 0 Å². The lowest BCUT2D eigenvalue weighted by Gasteiger charge is -2.13. The van der Waals surface area contributed by atoms with Crippen LogP contribution in [0.25, 0.3) is 0 Å². The van der Waals surface area contributed by atoms with Gasteiger partial charge in [0.1, 0.15) is 0 Å². The van der Waals surface area contributed by atoms with Crippen molar-refractivity contribution in [1.82, 2.24) is 10.0 Å². The van der Waals surface area contributed by atoms with Gasteiger partial charge in [-0.3, -0.25) is 14.6 Å². The highest BCUT2D eigenvalue weighted by Crippen LogP contribution is 2.25. The quantitative estimate of drug-likeness (QED) is 0.789. The van der Waals surface area contributed by atoms with Crippen molar-refractivity contribution in [3.63, 3.8) is 0 Å². The molecule has 3 rings (SSSR count). The highest BCUT2D eigenvalue weighted by Gasteiger charge is 2.37. The summed E-state index contributed by atoms with van der Waals surface area (Å²) in [7, 11) is 0. The summed E-state index contributed by atoms with van der Waals surface area (Å²) in [4.78, 5) is 33.1. The van der Waals surface area contributed by atoms with E-state index in [4.69, 9.17) is 16.4 Å². The van der Waals surface area contributed by atoms with E-state index >= 15 is 0 Å². The molecule has 94 valence electrons. The number of hydroxylamine groups is 2. The van der Waals surface area contributed by atoms with Gasteiger partial charge >= 0.3 is 0 Å². The lowest BCUT2D eigenvalue weighted by molar-refractivity contribution is -0.0142. The number of carbonyl (C=O) groups excluding carboxylic acids is 2. The fraction of sp³-hybridized carbons (Fsp3) is 0. The summed E-state index contributed by atoms with van der Waals surface area (Å²) in [5.74, 6) is -0.775. The molecule has 0 fully saturated rings. The molecule has 0 spiro atoms. The first-order valence-corrected chi connectivity index (χ1v) is 5.81. The molecule has 1 aromatic carbocycles. The Morgan fingerprint density at radius 3 is 2.26 bits per heavy atom. The molecule has 1 aliphatic rings. The van der Waals surface area contributed by atoms with Crippen LogP contribution in [0.1, 0.15) is 20.7 Å². The monoisotopic (exact) mass is 274 g/mol. The van der Waals surface area contributed by atoms with Gasteiger partial charge in [0.15, 0.2) is 5.75 Å². The second-order valence-electron chi connectivity index (χ2n) is 3.88. The molecule has 1 aliphatic heterocycles. The van der Waals surface area contributed by atoms with Gasteiger partial charge < -0.3 is 4.84 Å². The molecule has 0 bridgehead atoms. The average Bonchev–Trinajstić information content (AvgIpc) is 2.65. The van der Waals surface area contributed by atoms with Gasteiger partial charge in [-0.2, -0.15) is 0 Å². The van der Waals surface area contributed by atoms with Crippen LogP contribution >= 0.6 is 11.6 Å². The van der Waals surface area contributed by atoms with Crippen LogP contribution in [0.4, 0.5) is 0 Å². The topological polar surface area (TPSA) is 59.5 Å². The Kier molecular flexibility index (Phi) is 2.68. The van der Waals surface area contributed by atoms with E-state index in [1.54, 1.807) is 24.3 Å². The first-order valence-electron chi connectivity index (χ1n) is 5.43. The van der Waals surface area contributed by atoms with Crippen LogP contribution < -0.4 is 4.84 Å². The molecule has 0 saturated heterocycles. The highest BCUT2D eigenvalue weighted by molar-refractivity contribution is 6.30. The third-order valence-electron chi connectivity index (χ3n) is 2.63. The van der Waals surface area contributed by atoms with Crippen molar-refractivity contribution in [2.24, 2.45) is 0 Å². The molecule has 2 aromatic rings. The van der Waals surface area contributed by atoms with Crippen LogP contribution in [-0.4, -0.2) is 21.9 Å². The van der Waals surface area contributed by atoms with E-state index < -0.39 is 11.8 Å². The highest BCUT2D eigenvalue weighted by atomic mass is 35.5. The van der Waals surface area contributed by atoms with E-state index in [0.717, 1.165) is 0 Å². The molecule has 0 saturated carbocycles. The maximum atomic E-state index is 12.0. The summed E-state index contributed by atoms with van der Waals surface area (Å²) < 4.78 is 0. The van der Waals surface area contributed by atoms with Crippen LogP contribution in [0.2, 0.25) is 5.02 Å². The second-order valence-corrected chi connectivity index (χ2v) is 4.32. The Bertz CT molecular complexity index is 652. The largest absolute Gasteiger partial charge is 0.367 e. The fourth-order valence-corrected chi connectivity index (χ4v) is 1.96. The number of fused-ring (bicyclic) bond motifs is 1. The van der Waals surface area contributed by atoms with Gasteiger partial charge in [-0.15, -0.1) is 0 Å². The molecule has 1 aromatic heterocycles. The number of carbonyl (C=O) groups is 2. The lowest BCUT2D eigenvalue weighted by Crippen LogP contribution is -2.33. The Morgan fingerprint density at radius 1 is 1.05 bits per heavy atom. The van der Waals surface area contributed by atoms with Gasteiger partial charge in [-0.1, -0.05) is 28.8 Å². The molecule has 0 unspecified atom stereocenters. The van der Waals surface area contributed by atoms with Crippen molar-refractivity contribution in [2.45, 2.75) is 0 Å². The van der Waals surface area contributed by atoms with Gasteiger partial charge in [-0.05, 0) is 12.1 Å². The molecule has 0 radical (unpaired) electrons. The minimum Gasteiger partial charge on any atom is -0.367 e. The number of hydrogen-bond donors (Lipinski definition) is 0. The standard InChI is InChI=1S/C13H7ClN2O3/c14-8-5-9(7-15-6-8)19-16-12(17)10-3-1-2-4-11(10)13(16)18/h1-7H. The Hall–Kier alpha value is -2.40. The van der Waals surface area contributed by atoms with Crippen LogP contribution in [0.15, 0.2) is 42.7 Å². The van der Waals surface area contributed by atoms with Gasteiger partial charge in [0, 0.05) is 12.3 Å². The Labute approximate surface area is 113 Å². The van der Waals surface area contributed by atoms with E-state index in [0.29, 0.717) is 21.2 Å². The van der Waals surface area contributed by atoms with Crippen molar-refractivity contribution in [1.29, 1.82) is 0 Å². The maximum absolute atomic E-state index is 12.0. The second kappa shape index (κ2) is 4.37. The number of imide groups is 1. The Balaban J connectivity index is 1.92. The van der Waals surface area contributed by atoms with E-state index in [9.17, 15) is 9.59 Å². The zero-order valence-electron chi connectivity index (χ0n) is 9.54. The summed E-state index contributed by atoms with van der Waals surface area (Å²) in [5, 5.41) is 1.06. The minimum absolute atomic E-state index is 0.224. The molecular weight excluding hydrogens is 268 g/mol. The smallest absolute Gasteiger partial charge is 0.295 e. The van der Waals surface area contributed by atoms with Crippen LogP contribution in [0.5, 0.6) is 5.75 Å². The first kappa shape index (κ1) is 11.7. The summed E-state index contributed by atoms with van der Waals surface area (Å²) in [5.41, 5.74) is 0.643. The van der Waals surface area contributed by atoms with Crippen molar-refractivity contribution in [2.75, 3.05) is 0 Å². The molecule has 6 heteroatoms. The summed E-state index contributed by atoms with van der Waals surface area (Å²) >= 11 is 5.76. The first-order chi connectivity index (χ1) is 9.16. The summed E-state index contributed by atoms with van der Waals surface area (Å²) in [6.07, 6.45) is 2.80. The third kappa shape index (κ3) is 1.94. The minimum atomic E-state index is -0.499. The zero-order chi connectivity index (χ0) is 13.4. The van der Waals surface area contributed by atoms with Crippen molar-refractivity contribution < 1.29 is 14.4 Å². The van der Waals surface area contributed by atoms with Gasteiger partial charge in [0.05, 0.1) is 22.3 Å². The van der Waals surface area contributed by atoms with Gasteiger partial charge in [0.2, 0.25) is 0 Å². The average molecular weight is 275 g/mol. The molecule has 0 aliphatic carbocycles. The fourth-order valence-electron chi connectivity index (χ4n) is 1.80. The number of nitrogens with zero attached hydrogens (tertiary/aromatic N) is 2. The van der Waals surface area contributed by atoms with Crippen molar-refractivity contribution >= 4 is 23.4 Å². The van der Waals surface area contributed by atoms with Gasteiger partial charge in [0.25, 0.3) is 11.8 Å². The van der Waals surface area contributed by atoms with E-state index in [2.05, 4.69) is 4.98 Å². The van der Waals surface area contributed by atoms with Crippen molar-refractivity contribution in [3.05, 3.63) is 58.9 Å². The zero-order valence-corrected chi connectivity index (χ0v) is 10.3. The number of benzene rings is 1. The van der Waals surface area contributed by atoms with Crippen LogP contribution in [0.3, 0.4) is 0 Å². The van der Waals surface area contributed by atoms with Crippen LogP contribution in [-0.2, 0) is 0 Å². The molecule has 0 atom stereocenters. The van der Waals surface area contributed by atoms with Crippen molar-refractivity contribution in [3.8, 4) is 5.75 Å². The number of halogens is 1. The number of rotatable bonds is 2. The predicted octanol–water partition coefficient (Wildman–Crippen LogP) is 2.33. The maximum Gasteiger partial charge on any atom is 0.295 e.